The van der Waals surface area contributed by atoms with E-state index in [4.69, 9.17) is 28.3 Å². The van der Waals surface area contributed by atoms with E-state index in [0.29, 0.717) is 5.56 Å². The maximum atomic E-state index is 11.8. The molecule has 0 spiro atoms. The van der Waals surface area contributed by atoms with Crippen LogP contribution in [-0.2, 0) is 31.4 Å². The highest BCUT2D eigenvalue weighted by atomic mass is 35.5. The average Bonchev–Trinajstić information content (AvgIpc) is 2.72. The first-order chi connectivity index (χ1) is 14.7. The Kier molecular flexibility index (Phi) is 10.1. The number of esters is 1. The minimum absolute atomic E-state index is 0.0124. The molecule has 0 atom stereocenters. The van der Waals surface area contributed by atoms with E-state index < -0.39 is 26.0 Å². The van der Waals surface area contributed by atoms with Crippen LogP contribution in [0.2, 0.25) is 10.0 Å². The predicted molar refractivity (Wildman–Crippen MR) is 122 cm³/mol. The van der Waals surface area contributed by atoms with Crippen molar-refractivity contribution >= 4 is 49.2 Å². The van der Waals surface area contributed by atoms with Crippen molar-refractivity contribution in [1.82, 2.24) is 8.61 Å². The fourth-order valence-corrected chi connectivity index (χ4v) is 5.05. The Balaban J connectivity index is 0.000000323. The van der Waals surface area contributed by atoms with Gasteiger partial charge in [-0.3, -0.25) is 0 Å². The van der Waals surface area contributed by atoms with E-state index in [9.17, 15) is 21.6 Å². The lowest BCUT2D eigenvalue weighted by atomic mass is 10.2. The fraction of sp³-hybridized carbons (Fsp3) is 0.316. The SMILES string of the molecule is CN(C)S(=O)(=O)c1ccc(CO)cc1Cl.COC(=O)c1ccc(S(=O)(=O)N(C)C)c(Cl)c1. The Hall–Kier alpha value is -1.73. The predicted octanol–water partition coefficient (Wildman–Crippen LogP) is 2.46. The summed E-state index contributed by atoms with van der Waals surface area (Å²) in [6.45, 7) is -0.165. The zero-order valence-electron chi connectivity index (χ0n) is 18.0. The first kappa shape index (κ1) is 28.3. The fourth-order valence-electron chi connectivity index (χ4n) is 2.20. The molecule has 1 N–H and O–H groups in total. The monoisotopic (exact) mass is 526 g/mol. The summed E-state index contributed by atoms with van der Waals surface area (Å²) in [5.74, 6) is -0.569. The summed E-state index contributed by atoms with van der Waals surface area (Å²) in [6.07, 6.45) is 0. The molecule has 2 aromatic rings. The normalized spacial score (nSPS) is 11.8. The van der Waals surface area contributed by atoms with Gasteiger partial charge in [0.2, 0.25) is 20.0 Å². The van der Waals surface area contributed by atoms with Gasteiger partial charge in [-0.25, -0.2) is 30.2 Å². The summed E-state index contributed by atoms with van der Waals surface area (Å²) in [5.41, 5.74) is 0.785. The Bertz CT molecular complexity index is 1180. The van der Waals surface area contributed by atoms with Gasteiger partial charge in [0.1, 0.15) is 9.79 Å². The zero-order chi connectivity index (χ0) is 24.9. The van der Waals surface area contributed by atoms with Gasteiger partial charge in [-0.15, -0.1) is 0 Å². The van der Waals surface area contributed by atoms with Crippen LogP contribution in [0.4, 0.5) is 0 Å². The molecule has 13 heteroatoms. The van der Waals surface area contributed by atoms with Crippen LogP contribution in [0.3, 0.4) is 0 Å². The van der Waals surface area contributed by atoms with Crippen LogP contribution in [0.25, 0.3) is 0 Å². The molecule has 0 bridgehead atoms. The maximum Gasteiger partial charge on any atom is 0.337 e. The van der Waals surface area contributed by atoms with Gasteiger partial charge in [0.05, 0.1) is 29.3 Å². The molecule has 0 unspecified atom stereocenters. The molecule has 32 heavy (non-hydrogen) atoms. The lowest BCUT2D eigenvalue weighted by molar-refractivity contribution is 0.0600. The largest absolute Gasteiger partial charge is 0.465 e. The molecule has 0 amide bonds. The number of methoxy groups -OCH3 is 1. The third-order valence-corrected chi connectivity index (χ3v) is 8.65. The summed E-state index contributed by atoms with van der Waals surface area (Å²) in [5, 5.41) is 8.95. The Morgan fingerprint density at radius 1 is 0.875 bits per heavy atom. The van der Waals surface area contributed by atoms with Gasteiger partial charge in [-0.05, 0) is 35.9 Å². The number of ether oxygens (including phenoxy) is 1. The van der Waals surface area contributed by atoms with Crippen LogP contribution in [0.5, 0.6) is 0 Å². The molecule has 0 aliphatic heterocycles. The molecule has 0 saturated heterocycles. The third kappa shape index (κ3) is 6.64. The average molecular weight is 527 g/mol. The first-order valence-corrected chi connectivity index (χ1v) is 12.5. The van der Waals surface area contributed by atoms with Gasteiger partial charge in [-0.1, -0.05) is 29.3 Å². The zero-order valence-corrected chi connectivity index (χ0v) is 21.2. The lowest BCUT2D eigenvalue weighted by Gasteiger charge is -2.12. The summed E-state index contributed by atoms with van der Waals surface area (Å²) in [7, 11) is -0.206. The van der Waals surface area contributed by atoms with E-state index in [1.807, 2.05) is 0 Å². The highest BCUT2D eigenvalue weighted by molar-refractivity contribution is 7.89. The minimum atomic E-state index is -3.61. The number of carbonyl (C=O) groups excluding carboxylic acids is 1. The lowest BCUT2D eigenvalue weighted by Crippen LogP contribution is -2.22. The number of nitrogens with zero attached hydrogens (tertiary/aromatic N) is 2. The van der Waals surface area contributed by atoms with Gasteiger partial charge < -0.3 is 9.84 Å². The van der Waals surface area contributed by atoms with Crippen LogP contribution >= 0.6 is 23.2 Å². The third-order valence-electron chi connectivity index (χ3n) is 4.05. The second-order valence-corrected chi connectivity index (χ2v) is 11.7. The number of benzene rings is 2. The number of hydrogen-bond acceptors (Lipinski definition) is 7. The standard InChI is InChI=1S/C10H12ClNO4S.C9H12ClNO3S/c1-12(2)17(14,15)9-5-4-7(6-8(9)11)10(13)16-3;1-11(2)15(13,14)9-4-3-7(6-12)5-8(9)10/h4-6H,1-3H3;3-5,12H,6H2,1-2H3. The van der Waals surface area contributed by atoms with Crippen molar-refractivity contribution in [2.75, 3.05) is 35.3 Å². The van der Waals surface area contributed by atoms with Crippen LogP contribution in [0.1, 0.15) is 15.9 Å². The minimum Gasteiger partial charge on any atom is -0.465 e. The van der Waals surface area contributed by atoms with Gasteiger partial charge in [0, 0.05) is 28.2 Å². The number of halogens is 2. The number of hydrogen-bond donors (Lipinski definition) is 1. The summed E-state index contributed by atoms with van der Waals surface area (Å²) in [6, 6.07) is 8.27. The molecule has 2 rings (SSSR count). The van der Waals surface area contributed by atoms with Crippen molar-refractivity contribution in [3.8, 4) is 0 Å². The van der Waals surface area contributed by atoms with E-state index in [1.54, 1.807) is 0 Å². The summed E-state index contributed by atoms with van der Waals surface area (Å²) >= 11 is 11.7. The number of sulfonamides is 2. The summed E-state index contributed by atoms with van der Waals surface area (Å²) in [4.78, 5) is 11.2. The molecule has 0 radical (unpaired) electrons. The van der Waals surface area contributed by atoms with Crippen LogP contribution in [0, 0.1) is 0 Å². The molecule has 0 saturated carbocycles. The maximum absolute atomic E-state index is 11.8. The molecule has 9 nitrogen and oxygen atoms in total. The van der Waals surface area contributed by atoms with Crippen molar-refractivity contribution in [2.45, 2.75) is 16.4 Å². The highest BCUT2D eigenvalue weighted by Crippen LogP contribution is 2.25. The van der Waals surface area contributed by atoms with E-state index >= 15 is 0 Å². The first-order valence-electron chi connectivity index (χ1n) is 8.82. The molecule has 0 aliphatic rings. The molecular weight excluding hydrogens is 503 g/mol. The molecule has 0 aromatic heterocycles. The quantitative estimate of drug-likeness (QED) is 0.573. The Labute approximate surface area is 198 Å². The molecule has 0 fully saturated rings. The second-order valence-electron chi connectivity index (χ2n) is 6.63. The molecule has 0 aliphatic carbocycles. The number of aliphatic hydroxyl groups is 1. The molecule has 178 valence electrons. The topological polar surface area (TPSA) is 121 Å². The molecule has 0 heterocycles. The van der Waals surface area contributed by atoms with Crippen molar-refractivity contribution in [1.29, 1.82) is 0 Å². The second kappa shape index (κ2) is 11.4. The van der Waals surface area contributed by atoms with Crippen LogP contribution < -0.4 is 0 Å². The van der Waals surface area contributed by atoms with Gasteiger partial charge >= 0.3 is 5.97 Å². The van der Waals surface area contributed by atoms with Crippen molar-refractivity contribution in [2.24, 2.45) is 0 Å². The molecule has 2 aromatic carbocycles. The van der Waals surface area contributed by atoms with Gasteiger partial charge in [-0.2, -0.15) is 0 Å². The van der Waals surface area contributed by atoms with Crippen molar-refractivity contribution in [3.05, 3.63) is 57.6 Å². The Morgan fingerprint density at radius 2 is 1.31 bits per heavy atom. The van der Waals surface area contributed by atoms with Gasteiger partial charge in [0.25, 0.3) is 0 Å². The summed E-state index contributed by atoms with van der Waals surface area (Å²) < 4.78 is 53.8. The van der Waals surface area contributed by atoms with Crippen molar-refractivity contribution < 1.29 is 31.5 Å². The number of carbonyl (C=O) groups is 1. The van der Waals surface area contributed by atoms with Crippen molar-refractivity contribution in [3.63, 3.8) is 0 Å². The molecular formula is C19H24Cl2N2O7S2. The number of aliphatic hydroxyl groups excluding tert-OH is 1. The highest BCUT2D eigenvalue weighted by Gasteiger charge is 2.22. The van der Waals surface area contributed by atoms with E-state index in [2.05, 4.69) is 4.74 Å². The Morgan fingerprint density at radius 3 is 1.66 bits per heavy atom. The van der Waals surface area contributed by atoms with Crippen LogP contribution in [-0.4, -0.2) is 71.8 Å². The smallest absolute Gasteiger partial charge is 0.337 e. The van der Waals surface area contributed by atoms with E-state index in [-0.39, 0.29) is 32.0 Å². The number of rotatable bonds is 6. The van der Waals surface area contributed by atoms with Gasteiger partial charge in [0.15, 0.2) is 0 Å². The van der Waals surface area contributed by atoms with E-state index in [1.165, 1.54) is 71.7 Å². The van der Waals surface area contributed by atoms with E-state index in [0.717, 1.165) is 8.61 Å². The van der Waals surface area contributed by atoms with Crippen LogP contribution in [0.15, 0.2) is 46.2 Å².